The lowest BCUT2D eigenvalue weighted by Crippen LogP contribution is -2.37. The second kappa shape index (κ2) is 6.14. The Kier molecular flexibility index (Phi) is 4.70. The Morgan fingerprint density at radius 1 is 1.20 bits per heavy atom. The first-order valence-corrected chi connectivity index (χ1v) is 8.77. The van der Waals surface area contributed by atoms with Crippen molar-refractivity contribution in [2.45, 2.75) is 44.6 Å². The third-order valence-corrected chi connectivity index (χ3v) is 5.55. The van der Waals surface area contributed by atoms with Gasteiger partial charge in [-0.2, -0.15) is 0 Å². The predicted molar refractivity (Wildman–Crippen MR) is 82.3 cm³/mol. The van der Waals surface area contributed by atoms with Crippen molar-refractivity contribution in [2.75, 3.05) is 11.9 Å². The quantitative estimate of drug-likeness (QED) is 0.848. The molecule has 1 saturated carbocycles. The molecule has 0 bridgehead atoms. The Morgan fingerprint density at radius 3 is 2.30 bits per heavy atom. The molecule has 0 radical (unpaired) electrons. The maximum Gasteiger partial charge on any atom is 0.240 e. The number of hydrogen-bond acceptors (Lipinski definition) is 3. The lowest BCUT2D eigenvalue weighted by Gasteiger charge is -2.39. The molecular weight excluding hydrogens is 272 g/mol. The molecule has 0 heterocycles. The molecule has 112 valence electrons. The summed E-state index contributed by atoms with van der Waals surface area (Å²) in [7, 11) is -3.34. The lowest BCUT2D eigenvalue weighted by atomic mass is 9.73. The van der Waals surface area contributed by atoms with E-state index < -0.39 is 10.0 Å². The van der Waals surface area contributed by atoms with Gasteiger partial charge in [-0.1, -0.05) is 20.8 Å². The van der Waals surface area contributed by atoms with E-state index in [2.05, 4.69) is 23.9 Å². The van der Waals surface area contributed by atoms with Crippen LogP contribution in [0.4, 0.5) is 5.69 Å². The van der Waals surface area contributed by atoms with Gasteiger partial charge < -0.3 is 5.32 Å². The van der Waals surface area contributed by atoms with Crippen molar-refractivity contribution < 1.29 is 8.42 Å². The van der Waals surface area contributed by atoms with Crippen LogP contribution >= 0.6 is 0 Å². The molecule has 0 spiro atoms. The van der Waals surface area contributed by atoms with Crippen LogP contribution in [0.25, 0.3) is 0 Å². The Hall–Kier alpha value is -1.07. The van der Waals surface area contributed by atoms with E-state index >= 15 is 0 Å². The molecule has 2 rings (SSSR count). The summed E-state index contributed by atoms with van der Waals surface area (Å²) in [5, 5.41) is 3.46. The van der Waals surface area contributed by atoms with Crippen molar-refractivity contribution in [3.63, 3.8) is 0 Å². The number of nitrogens with one attached hydrogen (secondary N) is 2. The third-order valence-electron chi connectivity index (χ3n) is 3.99. The SMILES string of the molecule is CCNS(=O)(=O)c1ccc(NC2CC(C(C)C)C2)cc1. The number of hydrogen-bond donors (Lipinski definition) is 2. The number of benzene rings is 1. The molecule has 0 amide bonds. The van der Waals surface area contributed by atoms with Gasteiger partial charge in [0.05, 0.1) is 4.90 Å². The van der Waals surface area contributed by atoms with Gasteiger partial charge in [0, 0.05) is 18.3 Å². The first-order chi connectivity index (χ1) is 9.42. The number of sulfonamides is 1. The highest BCUT2D eigenvalue weighted by Crippen LogP contribution is 2.35. The van der Waals surface area contributed by atoms with Crippen LogP contribution in [0, 0.1) is 11.8 Å². The van der Waals surface area contributed by atoms with E-state index in [9.17, 15) is 8.42 Å². The smallest absolute Gasteiger partial charge is 0.240 e. The van der Waals surface area contributed by atoms with E-state index in [0.717, 1.165) is 17.5 Å². The van der Waals surface area contributed by atoms with Crippen LogP contribution in [0.2, 0.25) is 0 Å². The number of anilines is 1. The van der Waals surface area contributed by atoms with Gasteiger partial charge in [-0.3, -0.25) is 0 Å². The molecule has 4 nitrogen and oxygen atoms in total. The second-order valence-electron chi connectivity index (χ2n) is 5.84. The van der Waals surface area contributed by atoms with Crippen molar-refractivity contribution in [3.05, 3.63) is 24.3 Å². The highest BCUT2D eigenvalue weighted by Gasteiger charge is 2.30. The average Bonchev–Trinajstić information content (AvgIpc) is 2.33. The molecule has 1 fully saturated rings. The molecule has 20 heavy (non-hydrogen) atoms. The summed E-state index contributed by atoms with van der Waals surface area (Å²) in [4.78, 5) is 0.318. The number of rotatable bonds is 6. The van der Waals surface area contributed by atoms with Crippen LogP contribution in [0.5, 0.6) is 0 Å². The Balaban J connectivity index is 1.93. The van der Waals surface area contributed by atoms with E-state index in [4.69, 9.17) is 0 Å². The molecule has 1 aromatic carbocycles. The molecule has 1 aliphatic rings. The van der Waals surface area contributed by atoms with Crippen LogP contribution in [0.3, 0.4) is 0 Å². The van der Waals surface area contributed by atoms with Gasteiger partial charge in [-0.25, -0.2) is 13.1 Å². The summed E-state index contributed by atoms with van der Waals surface area (Å²) in [6.07, 6.45) is 2.41. The summed E-state index contributed by atoms with van der Waals surface area (Å²) < 4.78 is 26.1. The Morgan fingerprint density at radius 2 is 1.80 bits per heavy atom. The van der Waals surface area contributed by atoms with Crippen LogP contribution in [0.15, 0.2) is 29.2 Å². The first-order valence-electron chi connectivity index (χ1n) is 7.28. The largest absolute Gasteiger partial charge is 0.382 e. The second-order valence-corrected chi connectivity index (χ2v) is 7.61. The standard InChI is InChI=1S/C15H24N2O2S/c1-4-16-20(18,19)15-7-5-13(6-8-15)17-14-9-12(10-14)11(2)3/h5-8,11-12,14,16-17H,4,9-10H2,1-3H3. The van der Waals surface area contributed by atoms with Crippen molar-refractivity contribution in [2.24, 2.45) is 11.8 Å². The monoisotopic (exact) mass is 296 g/mol. The van der Waals surface area contributed by atoms with E-state index in [1.807, 2.05) is 12.1 Å². The van der Waals surface area contributed by atoms with Crippen molar-refractivity contribution in [1.82, 2.24) is 4.72 Å². The fraction of sp³-hybridized carbons (Fsp3) is 0.600. The summed E-state index contributed by atoms with van der Waals surface area (Å²) >= 11 is 0. The van der Waals surface area contributed by atoms with E-state index in [0.29, 0.717) is 17.5 Å². The highest BCUT2D eigenvalue weighted by molar-refractivity contribution is 7.89. The van der Waals surface area contributed by atoms with Crippen molar-refractivity contribution in [1.29, 1.82) is 0 Å². The maximum absolute atomic E-state index is 11.8. The summed E-state index contributed by atoms with van der Waals surface area (Å²) in [5.41, 5.74) is 0.993. The summed E-state index contributed by atoms with van der Waals surface area (Å²) in [6.45, 7) is 6.71. The minimum atomic E-state index is -3.34. The molecular formula is C15H24N2O2S. The molecule has 2 N–H and O–H groups in total. The molecule has 1 aromatic rings. The zero-order chi connectivity index (χ0) is 14.8. The highest BCUT2D eigenvalue weighted by atomic mass is 32.2. The Labute approximate surface area is 122 Å². The molecule has 1 aliphatic carbocycles. The maximum atomic E-state index is 11.8. The minimum absolute atomic E-state index is 0.318. The zero-order valence-corrected chi connectivity index (χ0v) is 13.2. The molecule has 0 atom stereocenters. The van der Waals surface area contributed by atoms with Crippen LogP contribution in [0.1, 0.15) is 33.6 Å². The van der Waals surface area contributed by atoms with Crippen LogP contribution in [-0.2, 0) is 10.0 Å². The van der Waals surface area contributed by atoms with Crippen molar-refractivity contribution in [3.8, 4) is 0 Å². The first kappa shape index (κ1) is 15.3. The minimum Gasteiger partial charge on any atom is -0.382 e. The average molecular weight is 296 g/mol. The fourth-order valence-electron chi connectivity index (χ4n) is 2.56. The van der Waals surface area contributed by atoms with Gasteiger partial charge in [0.25, 0.3) is 0 Å². The fourth-order valence-corrected chi connectivity index (χ4v) is 3.60. The summed E-state index contributed by atoms with van der Waals surface area (Å²) in [6, 6.07) is 7.51. The van der Waals surface area contributed by atoms with Crippen LogP contribution in [-0.4, -0.2) is 21.0 Å². The molecule has 0 saturated heterocycles. The van der Waals surface area contributed by atoms with Gasteiger partial charge in [-0.05, 0) is 48.9 Å². The van der Waals surface area contributed by atoms with Gasteiger partial charge in [0.1, 0.15) is 0 Å². The summed E-state index contributed by atoms with van der Waals surface area (Å²) in [5.74, 6) is 1.57. The van der Waals surface area contributed by atoms with E-state index in [-0.39, 0.29) is 0 Å². The zero-order valence-electron chi connectivity index (χ0n) is 12.4. The molecule has 0 aromatic heterocycles. The van der Waals surface area contributed by atoms with Crippen LogP contribution < -0.4 is 10.0 Å². The van der Waals surface area contributed by atoms with Gasteiger partial charge in [0.15, 0.2) is 0 Å². The van der Waals surface area contributed by atoms with Gasteiger partial charge in [-0.15, -0.1) is 0 Å². The Bertz CT molecular complexity index is 531. The predicted octanol–water partition coefficient (Wildman–Crippen LogP) is 2.83. The molecule has 5 heteroatoms. The molecule has 0 unspecified atom stereocenters. The van der Waals surface area contributed by atoms with E-state index in [1.54, 1.807) is 19.1 Å². The van der Waals surface area contributed by atoms with Crippen molar-refractivity contribution >= 4 is 15.7 Å². The topological polar surface area (TPSA) is 58.2 Å². The molecule has 0 aliphatic heterocycles. The third kappa shape index (κ3) is 3.52. The van der Waals surface area contributed by atoms with E-state index in [1.165, 1.54) is 12.8 Å². The van der Waals surface area contributed by atoms with Gasteiger partial charge in [0.2, 0.25) is 10.0 Å². The lowest BCUT2D eigenvalue weighted by molar-refractivity contribution is 0.212. The normalized spacial score (nSPS) is 22.6. The van der Waals surface area contributed by atoms with Gasteiger partial charge >= 0.3 is 0 Å².